The van der Waals surface area contributed by atoms with Gasteiger partial charge in [-0.1, -0.05) is 25.4 Å². The first kappa shape index (κ1) is 15.6. The maximum Gasteiger partial charge on any atom is 0.275 e. The number of carbonyl (C=O) groups excluding carboxylic acids is 1. The molecule has 2 heterocycles. The summed E-state index contributed by atoms with van der Waals surface area (Å²) in [5.41, 5.74) is 6.15. The standard InChI is InChI=1S/C17H18ClN3O2/c1-3-17(4-2)16(22)21(12-7-5-11(18)6-8-12)13-9-10-14(19)20-15(13)23-17/h5-10H,3-4H2,1-2H3,(H2,19,20). The molecule has 120 valence electrons. The zero-order valence-corrected chi connectivity index (χ0v) is 13.8. The Hall–Kier alpha value is -2.27. The molecule has 1 aromatic heterocycles. The predicted molar refractivity (Wildman–Crippen MR) is 91.2 cm³/mol. The molecule has 0 atom stereocenters. The third kappa shape index (κ3) is 2.51. The molecule has 0 saturated heterocycles. The number of nitrogen functional groups attached to an aromatic ring is 1. The molecule has 0 saturated carbocycles. The highest BCUT2D eigenvalue weighted by Gasteiger charge is 2.47. The second-order valence-electron chi connectivity index (χ2n) is 5.48. The average molecular weight is 332 g/mol. The Morgan fingerprint density at radius 2 is 1.83 bits per heavy atom. The van der Waals surface area contributed by atoms with Crippen molar-refractivity contribution < 1.29 is 9.53 Å². The van der Waals surface area contributed by atoms with Gasteiger partial charge in [-0.25, -0.2) is 0 Å². The summed E-state index contributed by atoms with van der Waals surface area (Å²) in [5.74, 6) is 0.627. The molecular formula is C17H18ClN3O2. The number of rotatable bonds is 3. The fraction of sp³-hybridized carbons (Fsp3) is 0.294. The number of ether oxygens (including phenoxy) is 1. The molecule has 0 unspecified atom stereocenters. The van der Waals surface area contributed by atoms with Crippen LogP contribution in [0.3, 0.4) is 0 Å². The van der Waals surface area contributed by atoms with Crippen molar-refractivity contribution in [2.24, 2.45) is 0 Å². The first-order valence-electron chi connectivity index (χ1n) is 7.56. The Morgan fingerprint density at radius 3 is 2.43 bits per heavy atom. The maximum absolute atomic E-state index is 13.2. The molecule has 1 aromatic carbocycles. The number of anilines is 3. The van der Waals surface area contributed by atoms with E-state index in [-0.39, 0.29) is 5.91 Å². The van der Waals surface area contributed by atoms with Crippen molar-refractivity contribution in [1.82, 2.24) is 4.98 Å². The highest BCUT2D eigenvalue weighted by atomic mass is 35.5. The van der Waals surface area contributed by atoms with Crippen molar-refractivity contribution >= 4 is 34.7 Å². The summed E-state index contributed by atoms with van der Waals surface area (Å²) in [4.78, 5) is 19.1. The Kier molecular flexibility index (Phi) is 3.90. The first-order chi connectivity index (χ1) is 11.0. The van der Waals surface area contributed by atoms with Crippen LogP contribution >= 0.6 is 11.6 Å². The summed E-state index contributed by atoms with van der Waals surface area (Å²) in [7, 11) is 0. The summed E-state index contributed by atoms with van der Waals surface area (Å²) < 4.78 is 5.98. The lowest BCUT2D eigenvalue weighted by atomic mass is 9.93. The third-order valence-corrected chi connectivity index (χ3v) is 4.47. The van der Waals surface area contributed by atoms with Crippen LogP contribution in [-0.2, 0) is 4.79 Å². The highest BCUT2D eigenvalue weighted by Crippen LogP contribution is 2.43. The molecule has 3 rings (SSSR count). The van der Waals surface area contributed by atoms with Crippen LogP contribution in [0.5, 0.6) is 5.88 Å². The molecule has 2 N–H and O–H groups in total. The van der Waals surface area contributed by atoms with Crippen LogP contribution in [0.1, 0.15) is 26.7 Å². The second-order valence-corrected chi connectivity index (χ2v) is 5.92. The number of benzene rings is 1. The zero-order chi connectivity index (χ0) is 16.6. The molecule has 0 radical (unpaired) electrons. The van der Waals surface area contributed by atoms with E-state index in [9.17, 15) is 4.79 Å². The van der Waals surface area contributed by atoms with Gasteiger partial charge in [0.25, 0.3) is 5.91 Å². The number of amides is 1. The largest absolute Gasteiger partial charge is 0.459 e. The number of nitrogens with zero attached hydrogens (tertiary/aromatic N) is 2. The van der Waals surface area contributed by atoms with E-state index in [1.165, 1.54) is 0 Å². The van der Waals surface area contributed by atoms with E-state index < -0.39 is 5.60 Å². The zero-order valence-electron chi connectivity index (χ0n) is 13.0. The van der Waals surface area contributed by atoms with E-state index in [1.807, 2.05) is 26.0 Å². The van der Waals surface area contributed by atoms with Crippen LogP contribution in [0.2, 0.25) is 5.02 Å². The number of halogens is 1. The van der Waals surface area contributed by atoms with Gasteiger partial charge in [-0.15, -0.1) is 0 Å². The molecular weight excluding hydrogens is 314 g/mol. The summed E-state index contributed by atoms with van der Waals surface area (Å²) in [6.07, 6.45) is 1.09. The van der Waals surface area contributed by atoms with E-state index in [0.29, 0.717) is 35.2 Å². The SMILES string of the molecule is CCC1(CC)Oc2nc(N)ccc2N(c2ccc(Cl)cc2)C1=O. The monoisotopic (exact) mass is 331 g/mol. The Bertz CT molecular complexity index is 742. The van der Waals surface area contributed by atoms with Crippen LogP contribution in [0, 0.1) is 0 Å². The van der Waals surface area contributed by atoms with Crippen LogP contribution in [0.25, 0.3) is 0 Å². The number of aromatic nitrogens is 1. The van der Waals surface area contributed by atoms with Gasteiger partial charge in [-0.2, -0.15) is 4.98 Å². The molecule has 1 aliphatic rings. The lowest BCUT2D eigenvalue weighted by Crippen LogP contribution is -2.54. The smallest absolute Gasteiger partial charge is 0.275 e. The lowest BCUT2D eigenvalue weighted by molar-refractivity contribution is -0.135. The summed E-state index contributed by atoms with van der Waals surface area (Å²) >= 11 is 5.96. The molecule has 0 spiro atoms. The van der Waals surface area contributed by atoms with Crippen molar-refractivity contribution in [3.8, 4) is 5.88 Å². The molecule has 0 fully saturated rings. The molecule has 1 aliphatic heterocycles. The minimum Gasteiger partial charge on any atom is -0.459 e. The molecule has 5 nitrogen and oxygen atoms in total. The van der Waals surface area contributed by atoms with E-state index >= 15 is 0 Å². The molecule has 2 aromatic rings. The number of carbonyl (C=O) groups is 1. The van der Waals surface area contributed by atoms with Gasteiger partial charge in [-0.3, -0.25) is 9.69 Å². The second kappa shape index (κ2) is 5.74. The molecule has 0 aliphatic carbocycles. The van der Waals surface area contributed by atoms with E-state index in [0.717, 1.165) is 5.69 Å². The topological polar surface area (TPSA) is 68.5 Å². The molecule has 0 bridgehead atoms. The first-order valence-corrected chi connectivity index (χ1v) is 7.94. The number of fused-ring (bicyclic) bond motifs is 1. The molecule has 23 heavy (non-hydrogen) atoms. The fourth-order valence-electron chi connectivity index (χ4n) is 2.78. The number of hydrogen-bond donors (Lipinski definition) is 1. The van der Waals surface area contributed by atoms with Gasteiger partial charge in [0.05, 0.1) is 0 Å². The van der Waals surface area contributed by atoms with Crippen LogP contribution in [-0.4, -0.2) is 16.5 Å². The lowest BCUT2D eigenvalue weighted by Gasteiger charge is -2.41. The van der Waals surface area contributed by atoms with Gasteiger partial charge in [-0.05, 0) is 49.2 Å². The maximum atomic E-state index is 13.2. The quantitative estimate of drug-likeness (QED) is 0.925. The number of pyridine rings is 1. The van der Waals surface area contributed by atoms with Crippen LogP contribution in [0.15, 0.2) is 36.4 Å². The van der Waals surface area contributed by atoms with Gasteiger partial charge < -0.3 is 10.5 Å². The molecule has 1 amide bonds. The van der Waals surface area contributed by atoms with Crippen molar-refractivity contribution in [3.05, 3.63) is 41.4 Å². The fourth-order valence-corrected chi connectivity index (χ4v) is 2.90. The van der Waals surface area contributed by atoms with Crippen molar-refractivity contribution in [2.75, 3.05) is 10.6 Å². The van der Waals surface area contributed by atoms with Gasteiger partial charge in [0.1, 0.15) is 11.5 Å². The highest BCUT2D eigenvalue weighted by molar-refractivity contribution is 6.30. The third-order valence-electron chi connectivity index (χ3n) is 4.21. The van der Waals surface area contributed by atoms with Crippen molar-refractivity contribution in [3.63, 3.8) is 0 Å². The Balaban J connectivity index is 2.19. The minimum atomic E-state index is -0.937. The van der Waals surface area contributed by atoms with Crippen LogP contribution < -0.4 is 15.4 Å². The van der Waals surface area contributed by atoms with Crippen molar-refractivity contribution in [2.45, 2.75) is 32.3 Å². The number of nitrogens with two attached hydrogens (primary N) is 1. The number of hydrogen-bond acceptors (Lipinski definition) is 4. The normalized spacial score (nSPS) is 16.0. The van der Waals surface area contributed by atoms with Crippen molar-refractivity contribution in [1.29, 1.82) is 0 Å². The van der Waals surface area contributed by atoms with Gasteiger partial charge in [0.2, 0.25) is 5.88 Å². The van der Waals surface area contributed by atoms with Gasteiger partial charge >= 0.3 is 0 Å². The summed E-state index contributed by atoms with van der Waals surface area (Å²) in [6.45, 7) is 3.86. The minimum absolute atomic E-state index is 0.108. The van der Waals surface area contributed by atoms with Gasteiger partial charge in [0.15, 0.2) is 5.60 Å². The Labute approximate surface area is 140 Å². The Morgan fingerprint density at radius 1 is 1.17 bits per heavy atom. The van der Waals surface area contributed by atoms with E-state index in [1.54, 1.807) is 29.2 Å². The van der Waals surface area contributed by atoms with Gasteiger partial charge in [0, 0.05) is 10.7 Å². The molecule has 6 heteroatoms. The van der Waals surface area contributed by atoms with Crippen LogP contribution in [0.4, 0.5) is 17.2 Å². The van der Waals surface area contributed by atoms with E-state index in [4.69, 9.17) is 22.1 Å². The van der Waals surface area contributed by atoms with E-state index in [2.05, 4.69) is 4.98 Å². The summed E-state index contributed by atoms with van der Waals surface area (Å²) in [5, 5.41) is 0.613. The predicted octanol–water partition coefficient (Wildman–Crippen LogP) is 3.93. The summed E-state index contributed by atoms with van der Waals surface area (Å²) in [6, 6.07) is 10.5. The average Bonchev–Trinajstić information content (AvgIpc) is 2.56.